The summed E-state index contributed by atoms with van der Waals surface area (Å²) < 4.78 is 0. The number of unbranched alkanes of at least 4 members (excludes halogenated alkanes) is 12. The normalized spacial score (nSPS) is 13.0. The maximum atomic E-state index is 2.60. The Kier molecular flexibility index (Phi) is 28.5. The Hall–Kier alpha value is -14.3. The van der Waals surface area contributed by atoms with Crippen LogP contribution in [0.1, 0.15) is 206 Å². The number of hydrogen-bond acceptors (Lipinski definition) is 5. The number of fused-ring (bicyclic) bond motifs is 8. The summed E-state index contributed by atoms with van der Waals surface area (Å²) in [7, 11) is 2.13. The zero-order valence-corrected chi connectivity index (χ0v) is 82.4. The van der Waals surface area contributed by atoms with Gasteiger partial charge in [0.15, 0.2) is 0 Å². The maximum absolute atomic E-state index is 2.60. The highest BCUT2D eigenvalue weighted by atomic mass is 15.2. The molecule has 17 aromatic carbocycles. The zero-order chi connectivity index (χ0) is 94.4. The first-order chi connectivity index (χ1) is 68.5. The van der Waals surface area contributed by atoms with Crippen LogP contribution in [0.3, 0.4) is 0 Å². The summed E-state index contributed by atoms with van der Waals surface area (Å²) >= 11 is 0. The molecule has 21 rings (SSSR count). The van der Waals surface area contributed by atoms with Crippen molar-refractivity contribution in [1.29, 1.82) is 0 Å². The van der Waals surface area contributed by atoms with Crippen LogP contribution in [-0.4, -0.2) is 7.05 Å². The first-order valence-corrected chi connectivity index (χ1v) is 52.1. The van der Waals surface area contributed by atoms with Gasteiger partial charge in [-0.05, 0) is 339 Å². The second kappa shape index (κ2) is 42.8. The smallest absolute Gasteiger partial charge is 0.0467 e. The molecule has 0 unspecified atom stereocenters. The fraction of sp³-hybridized carbons (Fsp3) is 0.239. The molecule has 0 heterocycles. The van der Waals surface area contributed by atoms with E-state index < -0.39 is 0 Å². The van der Waals surface area contributed by atoms with Crippen molar-refractivity contribution in [2.24, 2.45) is 0 Å². The minimum absolute atomic E-state index is 0.00901. The van der Waals surface area contributed by atoms with E-state index in [-0.39, 0.29) is 10.8 Å². The Morgan fingerprint density at radius 3 is 0.727 bits per heavy atom. The van der Waals surface area contributed by atoms with E-state index in [4.69, 9.17) is 0 Å². The molecule has 5 nitrogen and oxygen atoms in total. The lowest BCUT2D eigenvalue weighted by molar-refractivity contribution is 0.401. The molecule has 17 aromatic rings. The van der Waals surface area contributed by atoms with E-state index in [1.165, 1.54) is 298 Å². The van der Waals surface area contributed by atoms with E-state index >= 15 is 0 Å². The molecule has 139 heavy (non-hydrogen) atoms. The first kappa shape index (κ1) is 92.4. The molecule has 0 fully saturated rings. The summed E-state index contributed by atoms with van der Waals surface area (Å²) in [6.07, 6.45) is 29.5. The van der Waals surface area contributed by atoms with Gasteiger partial charge in [-0.2, -0.15) is 0 Å². The average Bonchev–Trinajstić information content (AvgIpc) is 1.56. The fourth-order valence-corrected chi connectivity index (χ4v) is 22.8. The van der Waals surface area contributed by atoms with Crippen LogP contribution in [0.4, 0.5) is 79.6 Å². The van der Waals surface area contributed by atoms with E-state index in [1.807, 2.05) is 0 Å². The van der Waals surface area contributed by atoms with Gasteiger partial charge in [-0.15, -0.1) is 0 Å². The van der Waals surface area contributed by atoms with Crippen molar-refractivity contribution in [2.45, 2.75) is 200 Å². The SMILES string of the molecule is CCCCCCC1(CCCCCC)c2cc(C)ccc2-c2ccc(N(c3ccc(-c4ccc(N(c5ccccc5)c5cccc(-c6ccc7c(c6)CC7)c5)cc4)cc3)c3cccc(-c4ccc5c(c4)CC5)c3)cc21.CCCCCCC1(CCCCCC)c2cc(N(c3ccccc3)c3ccccc3)ccc2-c2ccc(N(c3ccccc3)c3ccc(-c4ccc(N(C)c5ccccc5)cc4)cc3)cc21. The molecule has 4 aliphatic rings. The predicted molar refractivity (Wildman–Crippen MR) is 595 cm³/mol. The molecule has 0 radical (unpaired) electrons. The van der Waals surface area contributed by atoms with Crippen molar-refractivity contribution in [1.82, 2.24) is 0 Å². The monoisotopic (exact) mass is 1810 g/mol. The highest BCUT2D eigenvalue weighted by molar-refractivity contribution is 5.92. The van der Waals surface area contributed by atoms with Crippen LogP contribution < -0.4 is 24.5 Å². The van der Waals surface area contributed by atoms with Gasteiger partial charge in [0.2, 0.25) is 0 Å². The molecular weight excluding hydrogens is 1680 g/mol. The van der Waals surface area contributed by atoms with Gasteiger partial charge in [-0.1, -0.05) is 373 Å². The van der Waals surface area contributed by atoms with Crippen LogP contribution in [0.5, 0.6) is 0 Å². The Morgan fingerprint density at radius 2 is 0.424 bits per heavy atom. The lowest BCUT2D eigenvalue weighted by Gasteiger charge is -2.35. The molecule has 0 N–H and O–H groups in total. The van der Waals surface area contributed by atoms with Crippen LogP contribution >= 0.6 is 0 Å². The third-order valence-electron chi connectivity index (χ3n) is 30.5. The summed E-state index contributed by atoms with van der Waals surface area (Å²) in [6.45, 7) is 11.6. The number of rotatable bonds is 38. The van der Waals surface area contributed by atoms with Crippen LogP contribution in [-0.2, 0) is 36.5 Å². The molecule has 0 amide bonds. The van der Waals surface area contributed by atoms with E-state index in [2.05, 4.69) is 473 Å². The van der Waals surface area contributed by atoms with Crippen molar-refractivity contribution >= 4 is 79.6 Å². The van der Waals surface area contributed by atoms with Gasteiger partial charge in [0.1, 0.15) is 0 Å². The molecule has 0 atom stereocenters. The lowest BCUT2D eigenvalue weighted by Crippen LogP contribution is -2.26. The molecule has 0 aromatic heterocycles. The topological polar surface area (TPSA) is 16.2 Å². The summed E-state index contributed by atoms with van der Waals surface area (Å²) in [5, 5.41) is 0. The standard InChI is InChI=1S/C72H70N2.C62H63N3/c1-4-6-8-13-43-72(44-14-9-7-5-2)70-45-51(3)23-41-68(70)69-42-40-67(50-71(69)72)74(66-22-16-18-57(49-66)61-31-27-55-25-29-59(55)47-61)64-38-34-53(35-39-64)52-32-36-63(37-33-52)73(62-19-11-10-12-20-62)65-21-15-17-56(48-65)60-30-26-54-24-28-58(54)46-60;1-4-6-8-22-44-62(45-23-9-7-5-2)60-46-56(64(52-26-16-11-17-27-52)53-28-18-12-19-29-53)40-42-58(60)59-43-41-57(47-61(59)62)65(54-30-20-13-21-31-54)55-38-34-49(35-39-55)48-32-36-51(37-33-48)63(3)50-24-14-10-15-25-50/h10-12,15-23,26-27,30-42,45-50H,4-9,13-14,24-25,28-29,43-44H2,1-3H3;10-21,24-43,46-47H,4-9,22-23,44-45H2,1-3H3. The highest BCUT2D eigenvalue weighted by Crippen LogP contribution is 2.60. The Labute approximate surface area is 828 Å². The summed E-state index contributed by atoms with van der Waals surface area (Å²) in [5.74, 6) is 0. The fourth-order valence-electron chi connectivity index (χ4n) is 22.8. The summed E-state index contributed by atoms with van der Waals surface area (Å²) in [5.41, 5.74) is 45.2. The lowest BCUT2D eigenvalue weighted by atomic mass is 9.70. The quantitative estimate of drug-likeness (QED) is 0.0358. The molecule has 0 aliphatic heterocycles. The Balaban J connectivity index is 0.000000173. The Morgan fingerprint density at radius 1 is 0.187 bits per heavy atom. The molecule has 694 valence electrons. The largest absolute Gasteiger partial charge is 0.345 e. The predicted octanol–water partition coefficient (Wildman–Crippen LogP) is 38.6. The van der Waals surface area contributed by atoms with Crippen molar-refractivity contribution in [3.8, 4) is 66.8 Å². The molecule has 0 bridgehead atoms. The number of anilines is 14. The van der Waals surface area contributed by atoms with Gasteiger partial charge >= 0.3 is 0 Å². The summed E-state index contributed by atoms with van der Waals surface area (Å²) in [6, 6.07) is 152. The van der Waals surface area contributed by atoms with Crippen LogP contribution in [0.15, 0.2) is 406 Å². The summed E-state index contributed by atoms with van der Waals surface area (Å²) in [4.78, 5) is 12.0. The van der Waals surface area contributed by atoms with E-state index in [9.17, 15) is 0 Å². The van der Waals surface area contributed by atoms with Crippen LogP contribution in [0, 0.1) is 6.92 Å². The number of hydrogen-bond donors (Lipinski definition) is 0. The van der Waals surface area contributed by atoms with Gasteiger partial charge in [-0.25, -0.2) is 0 Å². The van der Waals surface area contributed by atoms with Crippen LogP contribution in [0.2, 0.25) is 0 Å². The highest BCUT2D eigenvalue weighted by Gasteiger charge is 2.45. The van der Waals surface area contributed by atoms with Crippen molar-refractivity contribution in [3.05, 3.63) is 457 Å². The van der Waals surface area contributed by atoms with Crippen molar-refractivity contribution in [2.75, 3.05) is 31.5 Å². The Bertz CT molecular complexity index is 6940. The average molecular weight is 1810 g/mol. The third kappa shape index (κ3) is 19.6. The van der Waals surface area contributed by atoms with Crippen molar-refractivity contribution < 1.29 is 0 Å². The first-order valence-electron chi connectivity index (χ1n) is 52.1. The molecule has 0 saturated heterocycles. The third-order valence-corrected chi connectivity index (χ3v) is 30.5. The van der Waals surface area contributed by atoms with Crippen LogP contribution in [0.25, 0.3) is 66.8 Å². The number of para-hydroxylation sites is 5. The van der Waals surface area contributed by atoms with Gasteiger partial charge in [0, 0.05) is 97.5 Å². The number of aryl methyl sites for hydroxylation is 5. The molecule has 0 saturated carbocycles. The zero-order valence-electron chi connectivity index (χ0n) is 82.4. The van der Waals surface area contributed by atoms with Gasteiger partial charge < -0.3 is 24.5 Å². The molecule has 0 spiro atoms. The minimum atomic E-state index is -0.107. The maximum Gasteiger partial charge on any atom is 0.0467 e. The van der Waals surface area contributed by atoms with Gasteiger partial charge in [0.25, 0.3) is 0 Å². The van der Waals surface area contributed by atoms with Gasteiger partial charge in [0.05, 0.1) is 0 Å². The number of benzene rings is 17. The molecular formula is C134H133N5. The second-order valence-corrected chi connectivity index (χ2v) is 39.5. The molecule has 4 aliphatic carbocycles. The number of nitrogens with zero attached hydrogens (tertiary/aromatic N) is 5. The molecule has 5 heteroatoms. The van der Waals surface area contributed by atoms with E-state index in [0.717, 1.165) is 47.0 Å². The van der Waals surface area contributed by atoms with E-state index in [0.29, 0.717) is 0 Å². The van der Waals surface area contributed by atoms with Gasteiger partial charge in [-0.3, -0.25) is 0 Å². The van der Waals surface area contributed by atoms with E-state index in [1.54, 1.807) is 5.56 Å². The van der Waals surface area contributed by atoms with Crippen molar-refractivity contribution in [3.63, 3.8) is 0 Å². The second-order valence-electron chi connectivity index (χ2n) is 39.5. The minimum Gasteiger partial charge on any atom is -0.345 e.